The number of nitrogens with zero attached hydrogens (tertiary/aromatic N) is 3. The molecule has 4 aromatic rings. The highest BCUT2D eigenvalue weighted by Gasteiger charge is 2.39. The van der Waals surface area contributed by atoms with Crippen molar-refractivity contribution in [1.29, 1.82) is 0 Å². The Bertz CT molecular complexity index is 1060. The van der Waals surface area contributed by atoms with Gasteiger partial charge in [0.2, 0.25) is 5.88 Å². The number of aliphatic hydroxyl groups is 2. The molecule has 0 atom stereocenters. The van der Waals surface area contributed by atoms with E-state index in [0.717, 1.165) is 16.6 Å². The first-order valence-corrected chi connectivity index (χ1v) is 9.63. The summed E-state index contributed by atoms with van der Waals surface area (Å²) in [5.74, 6) is 0.836. The standard InChI is InChI=1S/C23H23N3O3/c1-2-26-19-13-14-24-21(29-16-15-27)20(19)25-22(26)23(28,17-9-5-3-6-10-17)18-11-7-4-8-12-18/h3-14,27-28H,2,15-16H2,1H3. The average Bonchev–Trinajstić information content (AvgIpc) is 3.18. The molecule has 2 N–H and O–H groups in total. The van der Waals surface area contributed by atoms with Crippen LogP contribution in [0.2, 0.25) is 0 Å². The lowest BCUT2D eigenvalue weighted by atomic mass is 9.85. The van der Waals surface area contributed by atoms with Gasteiger partial charge in [0.1, 0.15) is 6.61 Å². The van der Waals surface area contributed by atoms with Gasteiger partial charge in [-0.15, -0.1) is 0 Å². The zero-order valence-corrected chi connectivity index (χ0v) is 16.2. The van der Waals surface area contributed by atoms with Crippen LogP contribution in [0.3, 0.4) is 0 Å². The molecule has 0 radical (unpaired) electrons. The highest BCUT2D eigenvalue weighted by molar-refractivity contribution is 5.81. The Kier molecular flexibility index (Phi) is 5.29. The van der Waals surface area contributed by atoms with Crippen LogP contribution in [-0.4, -0.2) is 38.0 Å². The van der Waals surface area contributed by atoms with E-state index in [-0.39, 0.29) is 13.2 Å². The third-order valence-corrected chi connectivity index (χ3v) is 4.99. The molecule has 0 aliphatic heterocycles. The maximum absolute atomic E-state index is 12.1. The van der Waals surface area contributed by atoms with Crippen LogP contribution in [0, 0.1) is 0 Å². The van der Waals surface area contributed by atoms with Crippen molar-refractivity contribution >= 4 is 11.0 Å². The van der Waals surface area contributed by atoms with E-state index in [0.29, 0.717) is 23.8 Å². The first-order chi connectivity index (χ1) is 14.2. The van der Waals surface area contributed by atoms with E-state index in [1.807, 2.05) is 78.2 Å². The first kappa shape index (κ1) is 19.1. The Labute approximate surface area is 169 Å². The van der Waals surface area contributed by atoms with Crippen LogP contribution in [0.15, 0.2) is 72.9 Å². The van der Waals surface area contributed by atoms with E-state index in [1.165, 1.54) is 0 Å². The predicted octanol–water partition coefficient (Wildman–Crippen LogP) is 3.11. The molecule has 0 aliphatic carbocycles. The summed E-state index contributed by atoms with van der Waals surface area (Å²) in [5, 5.41) is 21.2. The van der Waals surface area contributed by atoms with Crippen molar-refractivity contribution in [3.05, 3.63) is 89.9 Å². The number of hydrogen-bond acceptors (Lipinski definition) is 5. The van der Waals surface area contributed by atoms with Gasteiger partial charge < -0.3 is 19.5 Å². The van der Waals surface area contributed by atoms with Crippen LogP contribution in [-0.2, 0) is 12.1 Å². The number of pyridine rings is 1. The summed E-state index contributed by atoms with van der Waals surface area (Å²) < 4.78 is 7.56. The quantitative estimate of drug-likeness (QED) is 0.508. The van der Waals surface area contributed by atoms with Crippen molar-refractivity contribution in [1.82, 2.24) is 14.5 Å². The second kappa shape index (κ2) is 8.03. The van der Waals surface area contributed by atoms with Gasteiger partial charge in [-0.3, -0.25) is 0 Å². The van der Waals surface area contributed by atoms with Gasteiger partial charge in [-0.2, -0.15) is 0 Å². The van der Waals surface area contributed by atoms with E-state index in [9.17, 15) is 5.11 Å². The lowest BCUT2D eigenvalue weighted by Gasteiger charge is -2.29. The Morgan fingerprint density at radius 2 is 1.59 bits per heavy atom. The van der Waals surface area contributed by atoms with Crippen molar-refractivity contribution < 1.29 is 14.9 Å². The molecule has 6 heteroatoms. The molecule has 0 unspecified atom stereocenters. The molecule has 148 valence electrons. The van der Waals surface area contributed by atoms with Crippen molar-refractivity contribution in [2.24, 2.45) is 0 Å². The van der Waals surface area contributed by atoms with Gasteiger partial charge in [-0.05, 0) is 24.1 Å². The molecule has 0 saturated heterocycles. The summed E-state index contributed by atoms with van der Waals surface area (Å²) >= 11 is 0. The van der Waals surface area contributed by atoms with Crippen molar-refractivity contribution in [2.75, 3.05) is 13.2 Å². The van der Waals surface area contributed by atoms with Gasteiger partial charge in [0.05, 0.1) is 12.1 Å². The van der Waals surface area contributed by atoms with Gasteiger partial charge in [-0.25, -0.2) is 9.97 Å². The molecule has 0 fully saturated rings. The first-order valence-electron chi connectivity index (χ1n) is 9.63. The number of fused-ring (bicyclic) bond motifs is 1. The number of ether oxygens (including phenoxy) is 1. The predicted molar refractivity (Wildman–Crippen MR) is 111 cm³/mol. The second-order valence-electron chi connectivity index (χ2n) is 6.68. The third kappa shape index (κ3) is 3.26. The Morgan fingerprint density at radius 1 is 0.966 bits per heavy atom. The molecule has 29 heavy (non-hydrogen) atoms. The molecular formula is C23H23N3O3. The van der Waals surface area contributed by atoms with E-state index >= 15 is 0 Å². The molecule has 6 nitrogen and oxygen atoms in total. The van der Waals surface area contributed by atoms with E-state index in [4.69, 9.17) is 14.8 Å². The number of aliphatic hydroxyl groups excluding tert-OH is 1. The van der Waals surface area contributed by atoms with E-state index < -0.39 is 5.60 Å². The molecule has 2 heterocycles. The topological polar surface area (TPSA) is 80.4 Å². The molecule has 0 bridgehead atoms. The fourth-order valence-electron chi connectivity index (χ4n) is 3.66. The largest absolute Gasteiger partial charge is 0.474 e. The van der Waals surface area contributed by atoms with Gasteiger partial charge in [-0.1, -0.05) is 60.7 Å². The smallest absolute Gasteiger partial charge is 0.242 e. The summed E-state index contributed by atoms with van der Waals surface area (Å²) in [6, 6.07) is 20.9. The van der Waals surface area contributed by atoms with Crippen LogP contribution < -0.4 is 4.74 Å². The van der Waals surface area contributed by atoms with Crippen LogP contribution in [0.4, 0.5) is 0 Å². The minimum atomic E-state index is -1.45. The van der Waals surface area contributed by atoms with Crippen LogP contribution >= 0.6 is 0 Å². The number of rotatable bonds is 7. The highest BCUT2D eigenvalue weighted by Crippen LogP contribution is 2.38. The van der Waals surface area contributed by atoms with Gasteiger partial charge in [0.15, 0.2) is 16.9 Å². The summed E-state index contributed by atoms with van der Waals surface area (Å²) in [6.45, 7) is 2.63. The van der Waals surface area contributed by atoms with Gasteiger partial charge in [0, 0.05) is 12.7 Å². The molecule has 0 spiro atoms. The van der Waals surface area contributed by atoms with E-state index in [2.05, 4.69) is 4.98 Å². The summed E-state index contributed by atoms with van der Waals surface area (Å²) in [4.78, 5) is 9.07. The minimum Gasteiger partial charge on any atom is -0.474 e. The highest BCUT2D eigenvalue weighted by atomic mass is 16.5. The zero-order chi connectivity index (χ0) is 20.3. The molecule has 2 aromatic heterocycles. The maximum Gasteiger partial charge on any atom is 0.242 e. The fourth-order valence-corrected chi connectivity index (χ4v) is 3.66. The monoisotopic (exact) mass is 389 g/mol. The average molecular weight is 389 g/mol. The summed E-state index contributed by atoms with van der Waals surface area (Å²) in [7, 11) is 0. The molecule has 0 aliphatic rings. The minimum absolute atomic E-state index is 0.114. The lowest BCUT2D eigenvalue weighted by molar-refractivity contribution is 0.112. The molecular weight excluding hydrogens is 366 g/mol. The Hall–Kier alpha value is -3.22. The van der Waals surface area contributed by atoms with Crippen LogP contribution in [0.1, 0.15) is 23.9 Å². The fraction of sp³-hybridized carbons (Fsp3) is 0.217. The third-order valence-electron chi connectivity index (χ3n) is 4.99. The number of aryl methyl sites for hydroxylation is 1. The second-order valence-corrected chi connectivity index (χ2v) is 6.68. The molecule has 0 amide bonds. The van der Waals surface area contributed by atoms with Crippen LogP contribution in [0.5, 0.6) is 5.88 Å². The number of hydrogen-bond donors (Lipinski definition) is 2. The van der Waals surface area contributed by atoms with Crippen molar-refractivity contribution in [3.63, 3.8) is 0 Å². The molecule has 0 saturated carbocycles. The Balaban J connectivity index is 2.01. The van der Waals surface area contributed by atoms with Gasteiger partial charge in [0.25, 0.3) is 0 Å². The molecule has 4 rings (SSSR count). The number of imidazole rings is 1. The number of benzene rings is 2. The van der Waals surface area contributed by atoms with Crippen LogP contribution in [0.25, 0.3) is 11.0 Å². The van der Waals surface area contributed by atoms with E-state index in [1.54, 1.807) is 6.20 Å². The zero-order valence-electron chi connectivity index (χ0n) is 16.2. The maximum atomic E-state index is 12.1. The SMILES string of the molecule is CCn1c(C(O)(c2ccccc2)c2ccccc2)nc2c(OCCO)nccc21. The van der Waals surface area contributed by atoms with Crippen molar-refractivity contribution in [3.8, 4) is 5.88 Å². The van der Waals surface area contributed by atoms with Crippen molar-refractivity contribution in [2.45, 2.75) is 19.1 Å². The normalized spacial score (nSPS) is 11.7. The summed E-state index contributed by atoms with van der Waals surface area (Å²) in [5.41, 5.74) is 1.37. The van der Waals surface area contributed by atoms with Gasteiger partial charge >= 0.3 is 0 Å². The molecule has 2 aromatic carbocycles. The summed E-state index contributed by atoms with van der Waals surface area (Å²) in [6.07, 6.45) is 1.65. The Morgan fingerprint density at radius 3 is 2.14 bits per heavy atom. The number of aromatic nitrogens is 3. The lowest BCUT2D eigenvalue weighted by Crippen LogP contribution is -2.32.